The van der Waals surface area contributed by atoms with Crippen LogP contribution in [0.1, 0.15) is 76.6 Å². The summed E-state index contributed by atoms with van der Waals surface area (Å²) in [4.78, 5) is 30.9. The molecule has 1 heterocycles. The van der Waals surface area contributed by atoms with Crippen molar-refractivity contribution < 1.29 is 44.7 Å². The Bertz CT molecular complexity index is 1210. The number of nitrogens with zero attached hydrogens (tertiary/aromatic N) is 2. The van der Waals surface area contributed by atoms with Gasteiger partial charge in [-0.05, 0) is 30.5 Å². The maximum Gasteiger partial charge on any atom is 0.390 e. The monoisotopic (exact) mass is 645 g/mol. The number of imidazole rings is 1. The van der Waals surface area contributed by atoms with E-state index in [1.165, 1.54) is 0 Å². The predicted octanol–water partition coefficient (Wildman–Crippen LogP) is 5.68. The minimum absolute atomic E-state index is 0.00658. The molecule has 0 radical (unpaired) electrons. The number of aromatic amines is 1. The molecule has 2 aromatic rings. The highest BCUT2D eigenvalue weighted by Gasteiger charge is 2.30. The number of nitrogens with two attached hydrogens (primary N) is 2. The summed E-state index contributed by atoms with van der Waals surface area (Å²) in [6.07, 6.45) is -8.52. The molecule has 17 heteroatoms. The second kappa shape index (κ2) is 17.6. The molecule has 1 saturated carbocycles. The Balaban J connectivity index is 0.000000824. The minimum Gasteiger partial charge on any atom is -0.403 e. The molecule has 44 heavy (non-hydrogen) atoms. The molecule has 250 valence electrons. The zero-order valence-electron chi connectivity index (χ0n) is 24.5. The van der Waals surface area contributed by atoms with Crippen molar-refractivity contribution in [2.45, 2.75) is 96.6 Å². The Hall–Kier alpha value is -3.63. The third-order valence-electron chi connectivity index (χ3n) is 6.06. The average Bonchev–Trinajstić information content (AvgIpc) is 3.36. The molecule has 0 saturated heterocycles. The molecule has 1 fully saturated rings. The summed E-state index contributed by atoms with van der Waals surface area (Å²) < 4.78 is 98.0. The van der Waals surface area contributed by atoms with Crippen LogP contribution in [0.4, 0.5) is 35.1 Å². The molecule has 1 aliphatic rings. The number of carbonyl (C=O) groups is 2. The maximum absolute atomic E-state index is 12.3. The van der Waals surface area contributed by atoms with E-state index in [4.69, 9.17) is 11.6 Å². The number of hydrogen-bond donors (Lipinski definition) is 5. The van der Waals surface area contributed by atoms with Gasteiger partial charge in [-0.2, -0.15) is 26.3 Å². The standard InChI is InChI=1S/C19H23F6N7O2.C6H10F2.C2H6/c20-18(21,22)4-3-16(33)28-9-11-1-2-12-13(7-11)31-15(30-12)10-29-17(34)14(8-26)32(27)6-5-19(23,24)25;7-6(8)4-2-1-3-5-6;1-2/h1-2,7-8H,3-6,9-10,26-27H2,(H,28,33)(H,29,34)(H,30,31);1-5H2;1-2H3/b14-8-;;. The number of carbonyl (C=O) groups excluding carboxylic acids is 2. The lowest BCUT2D eigenvalue weighted by atomic mass is 9.97. The zero-order chi connectivity index (χ0) is 33.6. The summed E-state index contributed by atoms with van der Waals surface area (Å²) in [5.41, 5.74) is 6.60. The van der Waals surface area contributed by atoms with Gasteiger partial charge in [-0.3, -0.25) is 9.59 Å². The Labute approximate surface area is 249 Å². The Kier molecular flexibility index (Phi) is 15.4. The number of hydrogen-bond acceptors (Lipinski definition) is 6. The molecule has 1 aromatic carbocycles. The van der Waals surface area contributed by atoms with Gasteiger partial charge in [0.1, 0.15) is 11.5 Å². The summed E-state index contributed by atoms with van der Waals surface area (Å²) in [6, 6.07) is 4.86. The number of amides is 2. The second-order valence-electron chi connectivity index (χ2n) is 9.64. The lowest BCUT2D eigenvalue weighted by Gasteiger charge is -2.21. The highest BCUT2D eigenvalue weighted by Crippen LogP contribution is 2.32. The molecule has 1 aromatic heterocycles. The molecule has 0 atom stereocenters. The quantitative estimate of drug-likeness (QED) is 0.0975. The third kappa shape index (κ3) is 15.2. The van der Waals surface area contributed by atoms with E-state index in [0.717, 1.165) is 12.6 Å². The molecule has 7 N–H and O–H groups in total. The van der Waals surface area contributed by atoms with E-state index < -0.39 is 55.9 Å². The van der Waals surface area contributed by atoms with Gasteiger partial charge in [0, 0.05) is 38.6 Å². The van der Waals surface area contributed by atoms with E-state index in [-0.39, 0.29) is 31.6 Å². The number of hydrazine groups is 1. The van der Waals surface area contributed by atoms with Gasteiger partial charge in [-0.25, -0.2) is 19.6 Å². The number of halogens is 8. The number of rotatable bonds is 10. The molecule has 1 aliphatic carbocycles. The summed E-state index contributed by atoms with van der Waals surface area (Å²) in [5, 5.41) is 5.43. The van der Waals surface area contributed by atoms with Gasteiger partial charge in [0.05, 0.1) is 30.4 Å². The van der Waals surface area contributed by atoms with Crippen molar-refractivity contribution in [3.8, 4) is 0 Å². The Morgan fingerprint density at radius 2 is 1.61 bits per heavy atom. The third-order valence-corrected chi connectivity index (χ3v) is 6.06. The van der Waals surface area contributed by atoms with Crippen molar-refractivity contribution in [2.75, 3.05) is 6.54 Å². The van der Waals surface area contributed by atoms with E-state index in [1.807, 2.05) is 13.8 Å². The van der Waals surface area contributed by atoms with Crippen LogP contribution in [0.15, 0.2) is 30.1 Å². The average molecular weight is 646 g/mol. The molecule has 0 unspecified atom stereocenters. The van der Waals surface area contributed by atoms with E-state index in [0.29, 0.717) is 40.3 Å². The molecule has 0 aliphatic heterocycles. The van der Waals surface area contributed by atoms with E-state index in [9.17, 15) is 44.7 Å². The van der Waals surface area contributed by atoms with Crippen molar-refractivity contribution in [1.82, 2.24) is 25.6 Å². The van der Waals surface area contributed by atoms with Gasteiger partial charge in [-0.1, -0.05) is 26.3 Å². The van der Waals surface area contributed by atoms with Crippen LogP contribution < -0.4 is 22.2 Å². The van der Waals surface area contributed by atoms with Crippen LogP contribution in [0.5, 0.6) is 0 Å². The van der Waals surface area contributed by atoms with Crippen molar-refractivity contribution in [1.29, 1.82) is 0 Å². The van der Waals surface area contributed by atoms with Crippen molar-refractivity contribution in [3.63, 3.8) is 0 Å². The smallest absolute Gasteiger partial charge is 0.390 e. The van der Waals surface area contributed by atoms with Crippen molar-refractivity contribution >= 4 is 22.8 Å². The zero-order valence-corrected chi connectivity index (χ0v) is 24.5. The first-order valence-corrected chi connectivity index (χ1v) is 14.0. The summed E-state index contributed by atoms with van der Waals surface area (Å²) >= 11 is 0. The number of benzene rings is 1. The van der Waals surface area contributed by atoms with Gasteiger partial charge in [0.15, 0.2) is 0 Å². The molecule has 0 bridgehead atoms. The van der Waals surface area contributed by atoms with Crippen LogP contribution in [0.3, 0.4) is 0 Å². The fraction of sp³-hybridized carbons (Fsp3) is 0.593. The topological polar surface area (TPSA) is 142 Å². The SMILES string of the molecule is CC.FC1(F)CCCCC1.N/C=C(/C(=O)NCc1nc2ccc(CNC(=O)CCC(F)(F)F)cc2[nH]1)N(N)CCC(F)(F)F. The molecule has 3 rings (SSSR count). The van der Waals surface area contributed by atoms with Crippen LogP contribution in [-0.2, 0) is 22.7 Å². The number of fused-ring (bicyclic) bond motifs is 1. The summed E-state index contributed by atoms with van der Waals surface area (Å²) in [6.45, 7) is 3.22. The van der Waals surface area contributed by atoms with Gasteiger partial charge in [0.2, 0.25) is 11.8 Å². The van der Waals surface area contributed by atoms with Crippen LogP contribution >= 0.6 is 0 Å². The van der Waals surface area contributed by atoms with Crippen LogP contribution in [-0.4, -0.2) is 51.6 Å². The first kappa shape index (κ1) is 38.4. The largest absolute Gasteiger partial charge is 0.403 e. The van der Waals surface area contributed by atoms with Gasteiger partial charge in [-0.15, -0.1) is 0 Å². The minimum atomic E-state index is -4.45. The van der Waals surface area contributed by atoms with Gasteiger partial charge in [0.25, 0.3) is 5.91 Å². The molecular formula is C27H39F8N7O2. The highest BCUT2D eigenvalue weighted by atomic mass is 19.4. The van der Waals surface area contributed by atoms with Crippen LogP contribution in [0.2, 0.25) is 0 Å². The van der Waals surface area contributed by atoms with E-state index >= 15 is 0 Å². The fourth-order valence-electron chi connectivity index (χ4n) is 3.84. The summed E-state index contributed by atoms with van der Waals surface area (Å²) in [7, 11) is 0. The maximum atomic E-state index is 12.3. The van der Waals surface area contributed by atoms with Crippen molar-refractivity contribution in [3.05, 3.63) is 41.5 Å². The fourth-order valence-corrected chi connectivity index (χ4v) is 3.84. The first-order valence-electron chi connectivity index (χ1n) is 14.0. The molecular weight excluding hydrogens is 606 g/mol. The van der Waals surface area contributed by atoms with Crippen LogP contribution in [0.25, 0.3) is 11.0 Å². The number of nitrogens with one attached hydrogen (secondary N) is 3. The second-order valence-corrected chi connectivity index (χ2v) is 9.64. The van der Waals surface area contributed by atoms with Crippen LogP contribution in [0, 0.1) is 0 Å². The Morgan fingerprint density at radius 1 is 1.00 bits per heavy atom. The normalized spacial score (nSPS) is 14.9. The molecule has 9 nitrogen and oxygen atoms in total. The Morgan fingerprint density at radius 3 is 2.14 bits per heavy atom. The lowest BCUT2D eigenvalue weighted by Crippen LogP contribution is -2.41. The first-order chi connectivity index (χ1) is 20.5. The van der Waals surface area contributed by atoms with Gasteiger partial charge >= 0.3 is 12.4 Å². The predicted molar refractivity (Wildman–Crippen MR) is 148 cm³/mol. The van der Waals surface area contributed by atoms with Gasteiger partial charge < -0.3 is 26.4 Å². The highest BCUT2D eigenvalue weighted by molar-refractivity contribution is 5.92. The van der Waals surface area contributed by atoms with Crippen molar-refractivity contribution in [2.24, 2.45) is 11.6 Å². The number of H-pyrrole nitrogens is 1. The van der Waals surface area contributed by atoms with E-state index in [1.54, 1.807) is 18.2 Å². The summed E-state index contributed by atoms with van der Waals surface area (Å²) in [5.74, 6) is 1.93. The molecule has 0 spiro atoms. The van der Waals surface area contributed by atoms with E-state index in [2.05, 4.69) is 20.6 Å². The number of aromatic nitrogens is 2. The molecule has 2 amide bonds. The number of alkyl halides is 8. The lowest BCUT2D eigenvalue weighted by molar-refractivity contribution is -0.144.